The van der Waals surface area contributed by atoms with Crippen molar-refractivity contribution in [1.29, 1.82) is 0 Å². The Balaban J connectivity index is 1.32. The van der Waals surface area contributed by atoms with E-state index in [4.69, 9.17) is 9.47 Å². The van der Waals surface area contributed by atoms with Gasteiger partial charge in [0, 0.05) is 38.3 Å². The van der Waals surface area contributed by atoms with E-state index in [9.17, 15) is 4.79 Å². The van der Waals surface area contributed by atoms with Crippen molar-refractivity contribution < 1.29 is 14.3 Å². The van der Waals surface area contributed by atoms with Gasteiger partial charge in [-0.25, -0.2) is 4.98 Å². The lowest BCUT2D eigenvalue weighted by molar-refractivity contribution is -0.135. The summed E-state index contributed by atoms with van der Waals surface area (Å²) in [6.45, 7) is 3.71. The van der Waals surface area contributed by atoms with Crippen LogP contribution in [0.3, 0.4) is 0 Å². The smallest absolute Gasteiger partial charge is 0.231 e. The Morgan fingerprint density at radius 2 is 1.91 bits per heavy atom. The second-order valence-corrected chi connectivity index (χ2v) is 7.31. The van der Waals surface area contributed by atoms with Crippen molar-refractivity contribution in [2.45, 2.75) is 12.8 Å². The summed E-state index contributed by atoms with van der Waals surface area (Å²) in [5, 5.41) is 0.981. The highest BCUT2D eigenvalue weighted by molar-refractivity contribution is 7.22. The van der Waals surface area contributed by atoms with E-state index in [1.54, 1.807) is 11.3 Å². The Bertz CT molecular complexity index is 737. The fraction of sp³-hybridized carbons (Fsp3) is 0.500. The zero-order valence-corrected chi connectivity index (χ0v) is 13.5. The average Bonchev–Trinajstić information content (AvgIpc) is 3.22. The van der Waals surface area contributed by atoms with Crippen molar-refractivity contribution in [3.8, 4) is 11.5 Å². The molecule has 120 valence electrons. The van der Waals surface area contributed by atoms with Crippen LogP contribution >= 0.6 is 11.3 Å². The third-order valence-electron chi connectivity index (χ3n) is 4.79. The molecule has 0 spiro atoms. The molecule has 0 saturated carbocycles. The fourth-order valence-electron chi connectivity index (χ4n) is 3.43. The molecule has 2 saturated heterocycles. The van der Waals surface area contributed by atoms with Gasteiger partial charge in [0.2, 0.25) is 12.7 Å². The summed E-state index contributed by atoms with van der Waals surface area (Å²) in [5.41, 5.74) is 0.934. The molecule has 1 amide bonds. The molecule has 23 heavy (non-hydrogen) atoms. The van der Waals surface area contributed by atoms with Gasteiger partial charge < -0.3 is 19.3 Å². The molecule has 0 N–H and O–H groups in total. The molecule has 6 nitrogen and oxygen atoms in total. The second-order valence-electron chi connectivity index (χ2n) is 6.30. The Labute approximate surface area is 137 Å². The van der Waals surface area contributed by atoms with E-state index in [1.165, 1.54) is 0 Å². The zero-order chi connectivity index (χ0) is 15.4. The first-order valence-corrected chi connectivity index (χ1v) is 8.83. The van der Waals surface area contributed by atoms with Crippen LogP contribution in [0.5, 0.6) is 11.5 Å². The zero-order valence-electron chi connectivity index (χ0n) is 12.7. The molecule has 2 aromatic rings. The van der Waals surface area contributed by atoms with Crippen molar-refractivity contribution in [3.05, 3.63) is 12.1 Å². The molecular formula is C16H17N3O3S. The number of anilines is 1. The monoisotopic (exact) mass is 331 g/mol. The molecule has 0 unspecified atom stereocenters. The van der Waals surface area contributed by atoms with E-state index in [2.05, 4.69) is 9.88 Å². The summed E-state index contributed by atoms with van der Waals surface area (Å²) in [7, 11) is 0. The van der Waals surface area contributed by atoms with Gasteiger partial charge in [0.15, 0.2) is 16.6 Å². The maximum absolute atomic E-state index is 12.4. The average molecular weight is 331 g/mol. The highest BCUT2D eigenvalue weighted by Gasteiger charge is 2.37. The van der Waals surface area contributed by atoms with E-state index in [0.717, 1.165) is 65.9 Å². The number of nitrogens with zero attached hydrogens (tertiary/aromatic N) is 3. The van der Waals surface area contributed by atoms with Gasteiger partial charge in [-0.2, -0.15) is 0 Å². The van der Waals surface area contributed by atoms with E-state index in [0.29, 0.717) is 5.91 Å². The van der Waals surface area contributed by atoms with Gasteiger partial charge in [-0.1, -0.05) is 11.3 Å². The van der Waals surface area contributed by atoms with Crippen LogP contribution in [-0.2, 0) is 4.79 Å². The van der Waals surface area contributed by atoms with Gasteiger partial charge in [0.05, 0.1) is 16.1 Å². The summed E-state index contributed by atoms with van der Waals surface area (Å²) in [5.74, 6) is 2.01. The molecule has 0 radical (unpaired) electrons. The number of hydrogen-bond donors (Lipinski definition) is 0. The highest BCUT2D eigenvalue weighted by Crippen LogP contribution is 2.41. The third-order valence-corrected chi connectivity index (χ3v) is 5.87. The number of benzene rings is 1. The van der Waals surface area contributed by atoms with Crippen LogP contribution in [-0.4, -0.2) is 48.8 Å². The highest BCUT2D eigenvalue weighted by atomic mass is 32.1. The first-order valence-electron chi connectivity index (χ1n) is 8.02. The van der Waals surface area contributed by atoms with Gasteiger partial charge in [-0.05, 0) is 12.8 Å². The van der Waals surface area contributed by atoms with Gasteiger partial charge in [0.25, 0.3) is 0 Å². The van der Waals surface area contributed by atoms with Crippen molar-refractivity contribution in [1.82, 2.24) is 9.88 Å². The molecule has 4 heterocycles. The quantitative estimate of drug-likeness (QED) is 0.843. The summed E-state index contributed by atoms with van der Waals surface area (Å²) >= 11 is 1.65. The lowest BCUT2D eigenvalue weighted by Crippen LogP contribution is -2.54. The van der Waals surface area contributed by atoms with Crippen LogP contribution in [0.1, 0.15) is 12.8 Å². The van der Waals surface area contributed by atoms with Crippen molar-refractivity contribution >= 4 is 32.6 Å². The summed E-state index contributed by atoms with van der Waals surface area (Å²) < 4.78 is 11.9. The molecule has 3 aliphatic heterocycles. The molecule has 1 aromatic heterocycles. The summed E-state index contributed by atoms with van der Waals surface area (Å²) in [6.07, 6.45) is 2.30. The lowest BCUT2D eigenvalue weighted by Gasteiger charge is -2.39. The number of ether oxygens (including phenoxy) is 2. The van der Waals surface area contributed by atoms with E-state index in [1.807, 2.05) is 17.0 Å². The van der Waals surface area contributed by atoms with Crippen LogP contribution in [0.25, 0.3) is 10.2 Å². The standard InChI is InChI=1S/C16H17N3O3S/c20-15(18-3-1-2-4-18)10-7-19(8-10)16-17-11-5-12-13(22-9-21-12)6-14(11)23-16/h5-6,10H,1-4,7-9H2. The van der Waals surface area contributed by atoms with Gasteiger partial charge in [0.1, 0.15) is 0 Å². The SMILES string of the molecule is O=C(C1CN(c2nc3cc4c(cc3s2)OCO4)C1)N1CCCC1. The minimum absolute atomic E-state index is 0.136. The van der Waals surface area contributed by atoms with Gasteiger partial charge >= 0.3 is 0 Å². The topological polar surface area (TPSA) is 54.9 Å². The number of hydrogen-bond acceptors (Lipinski definition) is 6. The summed E-state index contributed by atoms with van der Waals surface area (Å²) in [4.78, 5) is 21.3. The molecule has 7 heteroatoms. The van der Waals surface area contributed by atoms with Crippen LogP contribution in [0.15, 0.2) is 12.1 Å². The largest absolute Gasteiger partial charge is 0.454 e. The molecule has 1 aromatic carbocycles. The molecular weight excluding hydrogens is 314 g/mol. The van der Waals surface area contributed by atoms with Crippen molar-refractivity contribution in [2.75, 3.05) is 37.9 Å². The Morgan fingerprint density at radius 1 is 1.17 bits per heavy atom. The number of amides is 1. The third kappa shape index (κ3) is 2.14. The minimum Gasteiger partial charge on any atom is -0.454 e. The number of likely N-dealkylation sites (tertiary alicyclic amines) is 1. The lowest BCUT2D eigenvalue weighted by atomic mass is 9.99. The molecule has 3 aliphatic rings. The number of fused-ring (bicyclic) bond motifs is 2. The van der Waals surface area contributed by atoms with Crippen LogP contribution in [0, 0.1) is 5.92 Å². The minimum atomic E-state index is 0.136. The van der Waals surface area contributed by atoms with E-state index in [-0.39, 0.29) is 12.7 Å². The van der Waals surface area contributed by atoms with Crippen LogP contribution in [0.4, 0.5) is 5.13 Å². The number of carbonyl (C=O) groups is 1. The number of thiazole rings is 1. The van der Waals surface area contributed by atoms with Gasteiger partial charge in [-0.15, -0.1) is 0 Å². The first kappa shape index (κ1) is 13.4. The van der Waals surface area contributed by atoms with Crippen molar-refractivity contribution in [2.24, 2.45) is 5.92 Å². The summed E-state index contributed by atoms with van der Waals surface area (Å²) in [6, 6.07) is 3.93. The van der Waals surface area contributed by atoms with E-state index < -0.39 is 0 Å². The molecule has 0 bridgehead atoms. The van der Waals surface area contributed by atoms with E-state index >= 15 is 0 Å². The van der Waals surface area contributed by atoms with Crippen LogP contribution < -0.4 is 14.4 Å². The second kappa shape index (κ2) is 4.99. The number of rotatable bonds is 2. The van der Waals surface area contributed by atoms with Crippen molar-refractivity contribution in [3.63, 3.8) is 0 Å². The fourth-order valence-corrected chi connectivity index (χ4v) is 4.42. The Morgan fingerprint density at radius 3 is 2.70 bits per heavy atom. The van der Waals surface area contributed by atoms with Gasteiger partial charge in [-0.3, -0.25) is 4.79 Å². The Kier molecular flexibility index (Phi) is 2.91. The van der Waals surface area contributed by atoms with Crippen LogP contribution in [0.2, 0.25) is 0 Å². The first-order chi connectivity index (χ1) is 11.3. The Hall–Kier alpha value is -2.02. The predicted molar refractivity (Wildman–Crippen MR) is 87.3 cm³/mol. The molecule has 0 aliphatic carbocycles. The maximum Gasteiger partial charge on any atom is 0.231 e. The molecule has 0 atom stereocenters. The normalized spacial score (nSPS) is 20.3. The predicted octanol–water partition coefficient (Wildman–Crippen LogP) is 2.08. The molecule has 2 fully saturated rings. The molecule has 5 rings (SSSR count). The number of aromatic nitrogens is 1. The maximum atomic E-state index is 12.4. The number of carbonyl (C=O) groups excluding carboxylic acids is 1.